The molecule has 3 nitrogen and oxygen atoms in total. The standard InChI is InChI=1S/C48H32N2OS/c1-4-14-33(15-5-1)34-16-12-21-37(30-34)50(36-19-8-3-9-20-36)44-24-13-23-43-42-29-27-39(32-47(42)52-48(43)44)49(35-17-6-2-7-18-35)38-26-28-41-40-22-10-11-25-45(40)51-46(41)31-38/h1-32H. The highest BCUT2D eigenvalue weighted by atomic mass is 32.1. The molecule has 0 N–H and O–H groups in total. The van der Waals surface area contributed by atoms with E-state index in [2.05, 4.69) is 192 Å². The first-order valence-corrected chi connectivity index (χ1v) is 18.3. The molecule has 52 heavy (non-hydrogen) atoms. The molecule has 0 aliphatic rings. The summed E-state index contributed by atoms with van der Waals surface area (Å²) in [6.45, 7) is 0. The minimum Gasteiger partial charge on any atom is -0.456 e. The molecule has 0 radical (unpaired) electrons. The van der Waals surface area contributed by atoms with Crippen molar-refractivity contribution in [1.29, 1.82) is 0 Å². The normalized spacial score (nSPS) is 11.5. The Hall–Kier alpha value is -6.62. The summed E-state index contributed by atoms with van der Waals surface area (Å²) in [6, 6.07) is 69.1. The lowest BCUT2D eigenvalue weighted by Crippen LogP contribution is -2.10. The second-order valence-corrected chi connectivity index (χ2v) is 14.0. The monoisotopic (exact) mass is 684 g/mol. The van der Waals surface area contributed by atoms with Crippen LogP contribution in [0.2, 0.25) is 0 Å². The van der Waals surface area contributed by atoms with Gasteiger partial charge in [0.25, 0.3) is 0 Å². The molecule has 10 rings (SSSR count). The van der Waals surface area contributed by atoms with Gasteiger partial charge in [0.05, 0.1) is 10.4 Å². The van der Waals surface area contributed by atoms with E-state index in [9.17, 15) is 0 Å². The topological polar surface area (TPSA) is 19.6 Å². The molecule has 0 atom stereocenters. The third kappa shape index (κ3) is 5.20. The van der Waals surface area contributed by atoms with Crippen molar-refractivity contribution in [2.45, 2.75) is 0 Å². The van der Waals surface area contributed by atoms with E-state index in [-0.39, 0.29) is 0 Å². The highest BCUT2D eigenvalue weighted by molar-refractivity contribution is 7.26. The first kappa shape index (κ1) is 30.2. The van der Waals surface area contributed by atoms with Crippen LogP contribution in [0.15, 0.2) is 199 Å². The average molecular weight is 685 g/mol. The average Bonchev–Trinajstić information content (AvgIpc) is 3.78. The molecule has 0 fully saturated rings. The van der Waals surface area contributed by atoms with Gasteiger partial charge in [-0.1, -0.05) is 115 Å². The molecule has 0 aliphatic carbocycles. The van der Waals surface area contributed by atoms with Crippen molar-refractivity contribution in [3.05, 3.63) is 194 Å². The number of rotatable bonds is 7. The predicted octanol–water partition coefficient (Wildman–Crippen LogP) is 14.6. The van der Waals surface area contributed by atoms with Gasteiger partial charge in [0.2, 0.25) is 0 Å². The van der Waals surface area contributed by atoms with E-state index < -0.39 is 0 Å². The molecule has 0 bridgehead atoms. The van der Waals surface area contributed by atoms with Gasteiger partial charge >= 0.3 is 0 Å². The van der Waals surface area contributed by atoms with E-state index in [0.717, 1.165) is 56.1 Å². The lowest BCUT2D eigenvalue weighted by molar-refractivity contribution is 0.669. The molecular formula is C48H32N2OS. The Labute approximate surface area is 305 Å². The fourth-order valence-corrected chi connectivity index (χ4v) is 8.66. The van der Waals surface area contributed by atoms with Crippen molar-refractivity contribution in [1.82, 2.24) is 0 Å². The van der Waals surface area contributed by atoms with Crippen molar-refractivity contribution in [3.63, 3.8) is 0 Å². The third-order valence-corrected chi connectivity index (χ3v) is 11.0. The molecule has 246 valence electrons. The number of fused-ring (bicyclic) bond motifs is 6. The van der Waals surface area contributed by atoms with Crippen molar-refractivity contribution in [3.8, 4) is 11.1 Å². The maximum absolute atomic E-state index is 6.34. The Morgan fingerprint density at radius 2 is 0.904 bits per heavy atom. The van der Waals surface area contributed by atoms with Gasteiger partial charge in [0.15, 0.2) is 0 Å². The van der Waals surface area contributed by atoms with Crippen molar-refractivity contribution < 1.29 is 4.42 Å². The van der Waals surface area contributed by atoms with Gasteiger partial charge in [-0.25, -0.2) is 0 Å². The largest absolute Gasteiger partial charge is 0.456 e. The zero-order valence-electron chi connectivity index (χ0n) is 28.2. The second-order valence-electron chi connectivity index (χ2n) is 13.0. The van der Waals surface area contributed by atoms with Gasteiger partial charge in [0, 0.05) is 60.7 Å². The molecule has 0 saturated heterocycles. The number of nitrogens with zero attached hydrogens (tertiary/aromatic N) is 2. The van der Waals surface area contributed by atoms with Gasteiger partial charge in [-0.2, -0.15) is 0 Å². The van der Waals surface area contributed by atoms with Crippen LogP contribution in [0.5, 0.6) is 0 Å². The molecule has 2 heterocycles. The Bertz CT molecular complexity index is 2860. The molecular weight excluding hydrogens is 653 g/mol. The maximum atomic E-state index is 6.34. The summed E-state index contributed by atoms with van der Waals surface area (Å²) >= 11 is 1.85. The number of benzene rings is 8. The lowest BCUT2D eigenvalue weighted by atomic mass is 10.0. The van der Waals surface area contributed by atoms with E-state index in [1.54, 1.807) is 0 Å². The van der Waals surface area contributed by atoms with Crippen LogP contribution in [0, 0.1) is 0 Å². The van der Waals surface area contributed by atoms with Crippen LogP contribution in [0.3, 0.4) is 0 Å². The predicted molar refractivity (Wildman–Crippen MR) is 221 cm³/mol. The molecule has 10 aromatic rings. The highest BCUT2D eigenvalue weighted by Crippen LogP contribution is 2.47. The number of thiophene rings is 1. The first-order chi connectivity index (χ1) is 25.8. The fourth-order valence-electron chi connectivity index (χ4n) is 7.42. The minimum atomic E-state index is 0.879. The molecule has 8 aromatic carbocycles. The number of hydrogen-bond donors (Lipinski definition) is 0. The van der Waals surface area contributed by atoms with Gasteiger partial charge < -0.3 is 14.2 Å². The summed E-state index contributed by atoms with van der Waals surface area (Å²) < 4.78 is 8.82. The molecule has 0 aliphatic heterocycles. The lowest BCUT2D eigenvalue weighted by Gasteiger charge is -2.26. The highest BCUT2D eigenvalue weighted by Gasteiger charge is 2.20. The minimum absolute atomic E-state index is 0.879. The number of hydrogen-bond acceptors (Lipinski definition) is 4. The van der Waals surface area contributed by atoms with Gasteiger partial charge in [-0.3, -0.25) is 0 Å². The van der Waals surface area contributed by atoms with Gasteiger partial charge in [-0.05, 0) is 83.9 Å². The summed E-state index contributed by atoms with van der Waals surface area (Å²) in [5.41, 5.74) is 10.8. The zero-order valence-corrected chi connectivity index (χ0v) is 29.0. The van der Waals surface area contributed by atoms with Crippen molar-refractivity contribution in [2.75, 3.05) is 9.80 Å². The van der Waals surface area contributed by atoms with Crippen molar-refractivity contribution >= 4 is 87.6 Å². The fraction of sp³-hybridized carbons (Fsp3) is 0. The van der Waals surface area contributed by atoms with E-state index in [1.807, 2.05) is 23.5 Å². The van der Waals surface area contributed by atoms with Crippen LogP contribution in [-0.4, -0.2) is 0 Å². The zero-order chi connectivity index (χ0) is 34.4. The van der Waals surface area contributed by atoms with E-state index in [4.69, 9.17) is 4.42 Å². The number of para-hydroxylation sites is 3. The van der Waals surface area contributed by atoms with Crippen LogP contribution in [0.1, 0.15) is 0 Å². The second kappa shape index (κ2) is 12.6. The maximum Gasteiger partial charge on any atom is 0.137 e. The van der Waals surface area contributed by atoms with Crippen LogP contribution in [0.4, 0.5) is 34.1 Å². The summed E-state index contributed by atoms with van der Waals surface area (Å²) in [4.78, 5) is 4.71. The van der Waals surface area contributed by atoms with E-state index >= 15 is 0 Å². The molecule has 4 heteroatoms. The van der Waals surface area contributed by atoms with Crippen molar-refractivity contribution in [2.24, 2.45) is 0 Å². The SMILES string of the molecule is c1ccc(-c2cccc(N(c3ccccc3)c3cccc4c3sc3cc(N(c5ccccc5)c5ccc6c(c5)oc5ccccc56)ccc34)c2)cc1. The molecule has 0 amide bonds. The Kier molecular flexibility index (Phi) is 7.33. The molecule has 0 spiro atoms. The summed E-state index contributed by atoms with van der Waals surface area (Å²) in [6.07, 6.45) is 0. The summed E-state index contributed by atoms with van der Waals surface area (Å²) in [5.74, 6) is 0. The Morgan fingerprint density at radius 3 is 1.69 bits per heavy atom. The third-order valence-electron chi connectivity index (χ3n) is 9.82. The van der Waals surface area contributed by atoms with E-state index in [0.29, 0.717) is 0 Å². The number of anilines is 6. The van der Waals surface area contributed by atoms with E-state index in [1.165, 1.54) is 31.3 Å². The van der Waals surface area contributed by atoms with Crippen LogP contribution >= 0.6 is 11.3 Å². The van der Waals surface area contributed by atoms with Gasteiger partial charge in [0.1, 0.15) is 11.2 Å². The Balaban J connectivity index is 1.13. The number of furan rings is 1. The quantitative estimate of drug-likeness (QED) is 0.167. The van der Waals surface area contributed by atoms with Crippen LogP contribution in [-0.2, 0) is 0 Å². The first-order valence-electron chi connectivity index (χ1n) is 17.5. The molecule has 0 saturated carbocycles. The van der Waals surface area contributed by atoms with Crippen LogP contribution < -0.4 is 9.80 Å². The molecule has 0 unspecified atom stereocenters. The van der Waals surface area contributed by atoms with Gasteiger partial charge in [-0.15, -0.1) is 11.3 Å². The van der Waals surface area contributed by atoms with Crippen LogP contribution in [0.25, 0.3) is 53.2 Å². The summed E-state index contributed by atoms with van der Waals surface area (Å²) in [7, 11) is 0. The smallest absolute Gasteiger partial charge is 0.137 e. The Morgan fingerprint density at radius 1 is 0.346 bits per heavy atom. The molecule has 2 aromatic heterocycles. The summed E-state index contributed by atoms with van der Waals surface area (Å²) in [5, 5.41) is 4.75.